The quantitative estimate of drug-likeness (QED) is 0.167. The van der Waals surface area contributed by atoms with E-state index in [-0.39, 0.29) is 23.6 Å². The van der Waals surface area contributed by atoms with Crippen molar-refractivity contribution in [2.24, 2.45) is 0 Å². The fourth-order valence-corrected chi connectivity index (χ4v) is 6.16. The van der Waals surface area contributed by atoms with Gasteiger partial charge in [0.05, 0.1) is 11.1 Å². The second-order valence-corrected chi connectivity index (χ2v) is 10.6. The van der Waals surface area contributed by atoms with Crippen LogP contribution in [0.3, 0.4) is 0 Å². The van der Waals surface area contributed by atoms with Gasteiger partial charge in [-0.15, -0.1) is 24.5 Å². The minimum Gasteiger partial charge on any atom is -0.481 e. The van der Waals surface area contributed by atoms with Gasteiger partial charge in [-0.25, -0.2) is 8.78 Å². The molecule has 0 radical (unpaired) electrons. The number of nitriles is 1. The molecule has 4 aromatic rings. The molecular formula is C31H25F5N2O4S. The number of benzene rings is 3. The molecule has 0 spiro atoms. The van der Waals surface area contributed by atoms with Gasteiger partial charge in [-0.2, -0.15) is 5.26 Å². The van der Waals surface area contributed by atoms with Crippen LogP contribution in [-0.2, 0) is 4.79 Å². The highest BCUT2D eigenvalue weighted by Crippen LogP contribution is 2.47. The number of ether oxygens (including phenoxy) is 1. The summed E-state index contributed by atoms with van der Waals surface area (Å²) in [5.41, 5.74) is 1.78. The minimum atomic E-state index is -4.88. The summed E-state index contributed by atoms with van der Waals surface area (Å²) >= 11 is 1.07. The lowest BCUT2D eigenvalue weighted by Crippen LogP contribution is -2.26. The van der Waals surface area contributed by atoms with E-state index < -0.39 is 47.1 Å². The van der Waals surface area contributed by atoms with E-state index in [0.717, 1.165) is 23.0 Å². The smallest absolute Gasteiger partial charge is 0.481 e. The molecule has 4 rings (SSSR count). The summed E-state index contributed by atoms with van der Waals surface area (Å²) in [5, 5.41) is 22.9. The molecule has 3 aromatic carbocycles. The van der Waals surface area contributed by atoms with Gasteiger partial charge in [0.15, 0.2) is 11.6 Å². The number of alkyl halides is 3. The number of carboxylic acid groups (broad SMARTS) is 1. The Morgan fingerprint density at radius 3 is 2.30 bits per heavy atom. The zero-order chi connectivity index (χ0) is 31.3. The van der Waals surface area contributed by atoms with Crippen LogP contribution in [0.25, 0.3) is 10.1 Å². The topological polar surface area (TPSA) is 99.4 Å². The van der Waals surface area contributed by atoms with Crippen molar-refractivity contribution in [3.63, 3.8) is 0 Å². The fourth-order valence-electron chi connectivity index (χ4n) is 5.08. The van der Waals surface area contributed by atoms with Crippen molar-refractivity contribution in [2.75, 3.05) is 6.54 Å². The third-order valence-electron chi connectivity index (χ3n) is 6.93. The molecule has 1 aromatic heterocycles. The number of rotatable bonds is 11. The van der Waals surface area contributed by atoms with Crippen molar-refractivity contribution in [1.82, 2.24) is 5.32 Å². The largest absolute Gasteiger partial charge is 0.573 e. The summed E-state index contributed by atoms with van der Waals surface area (Å²) in [6.45, 7) is 1.90. The number of carbonyl (C=O) groups excluding carboxylic acids is 1. The van der Waals surface area contributed by atoms with Gasteiger partial charge >= 0.3 is 12.3 Å². The molecule has 0 bridgehead atoms. The summed E-state index contributed by atoms with van der Waals surface area (Å²) < 4.78 is 71.8. The van der Waals surface area contributed by atoms with Crippen LogP contribution in [0, 0.1) is 23.0 Å². The fraction of sp³-hybridized carbons (Fsp3) is 0.258. The first-order valence-corrected chi connectivity index (χ1v) is 14.1. The first kappa shape index (κ1) is 31.4. The number of carboxylic acids is 1. The number of amides is 1. The average molecular weight is 617 g/mol. The molecule has 12 heteroatoms. The molecule has 224 valence electrons. The van der Waals surface area contributed by atoms with Crippen LogP contribution in [0.15, 0.2) is 60.0 Å². The third-order valence-corrected chi connectivity index (χ3v) is 7.97. The molecule has 6 nitrogen and oxygen atoms in total. The molecule has 0 fully saturated rings. The number of thiophene rings is 1. The molecule has 1 amide bonds. The van der Waals surface area contributed by atoms with E-state index in [2.05, 4.69) is 10.1 Å². The summed E-state index contributed by atoms with van der Waals surface area (Å²) in [5.74, 6) is -5.28. The molecule has 1 heterocycles. The van der Waals surface area contributed by atoms with Crippen LogP contribution in [0.1, 0.15) is 70.6 Å². The van der Waals surface area contributed by atoms with Crippen molar-refractivity contribution in [2.45, 2.75) is 44.4 Å². The molecule has 0 saturated carbocycles. The monoisotopic (exact) mass is 616 g/mol. The number of fused-ring (bicyclic) bond motifs is 1. The normalized spacial score (nSPS) is 12.9. The van der Waals surface area contributed by atoms with E-state index in [1.165, 1.54) is 24.3 Å². The molecule has 43 heavy (non-hydrogen) atoms. The first-order chi connectivity index (χ1) is 20.4. The number of carbonyl (C=O) groups is 2. The first-order valence-electron chi connectivity index (χ1n) is 13.2. The van der Waals surface area contributed by atoms with Crippen LogP contribution >= 0.6 is 11.3 Å². The van der Waals surface area contributed by atoms with Crippen LogP contribution in [0.2, 0.25) is 0 Å². The van der Waals surface area contributed by atoms with Crippen LogP contribution in [0.4, 0.5) is 22.0 Å². The van der Waals surface area contributed by atoms with Gasteiger partial charge in [0.2, 0.25) is 0 Å². The van der Waals surface area contributed by atoms with Crippen molar-refractivity contribution in [3.05, 3.63) is 99.4 Å². The van der Waals surface area contributed by atoms with E-state index in [0.29, 0.717) is 34.9 Å². The van der Waals surface area contributed by atoms with Crippen molar-refractivity contribution in [3.8, 4) is 11.8 Å². The van der Waals surface area contributed by atoms with Crippen LogP contribution in [0.5, 0.6) is 5.75 Å². The summed E-state index contributed by atoms with van der Waals surface area (Å²) in [4.78, 5) is 23.2. The van der Waals surface area contributed by atoms with Gasteiger partial charge in [-0.3, -0.25) is 9.59 Å². The predicted octanol–water partition coefficient (Wildman–Crippen LogP) is 7.87. The SMILES string of the molecule is CCC[C@H](c1ccc(C(=O)NCCC(=O)O)cc1)C(c1ccc(OC(F)(F)F)cc1)c1csc2c(C#N)c(F)c(F)cc12. The summed E-state index contributed by atoms with van der Waals surface area (Å²) in [6, 6.07) is 14.7. The Morgan fingerprint density at radius 2 is 1.72 bits per heavy atom. The van der Waals surface area contributed by atoms with Crippen LogP contribution in [-0.4, -0.2) is 29.9 Å². The molecule has 1 unspecified atom stereocenters. The number of halogens is 5. The summed E-state index contributed by atoms with van der Waals surface area (Å²) in [6.07, 6.45) is -3.86. The Kier molecular flexibility index (Phi) is 9.66. The lowest BCUT2D eigenvalue weighted by molar-refractivity contribution is -0.274. The number of nitrogens with zero attached hydrogens (tertiary/aromatic N) is 1. The molecule has 2 N–H and O–H groups in total. The molecule has 0 aliphatic heterocycles. The number of nitrogens with one attached hydrogen (secondary N) is 1. The van der Waals surface area contributed by atoms with Crippen molar-refractivity contribution in [1.29, 1.82) is 5.26 Å². The number of hydrogen-bond acceptors (Lipinski definition) is 5. The maximum absolute atomic E-state index is 14.6. The summed E-state index contributed by atoms with van der Waals surface area (Å²) in [7, 11) is 0. The molecule has 2 atom stereocenters. The number of aliphatic carboxylic acids is 1. The van der Waals surface area contributed by atoms with E-state index in [1.807, 2.05) is 6.92 Å². The minimum absolute atomic E-state index is 0.0441. The van der Waals surface area contributed by atoms with E-state index in [9.17, 15) is 36.8 Å². The molecule has 0 aliphatic carbocycles. The predicted molar refractivity (Wildman–Crippen MR) is 150 cm³/mol. The van der Waals surface area contributed by atoms with Gasteiger partial charge in [-0.05, 0) is 64.7 Å². The average Bonchev–Trinajstić information content (AvgIpc) is 3.36. The Labute approximate surface area is 247 Å². The Bertz CT molecular complexity index is 1660. The highest BCUT2D eigenvalue weighted by molar-refractivity contribution is 7.17. The zero-order valence-electron chi connectivity index (χ0n) is 22.7. The Balaban J connectivity index is 1.81. The highest BCUT2D eigenvalue weighted by atomic mass is 32.1. The molecule has 0 aliphatic rings. The third kappa shape index (κ3) is 7.29. The van der Waals surface area contributed by atoms with Gasteiger partial charge in [0.25, 0.3) is 5.91 Å². The van der Waals surface area contributed by atoms with Gasteiger partial charge in [0.1, 0.15) is 17.4 Å². The maximum atomic E-state index is 14.6. The number of hydrogen-bond donors (Lipinski definition) is 2. The van der Waals surface area contributed by atoms with Crippen LogP contribution < -0.4 is 10.1 Å². The van der Waals surface area contributed by atoms with E-state index in [4.69, 9.17) is 5.11 Å². The highest BCUT2D eigenvalue weighted by Gasteiger charge is 2.33. The molecule has 0 saturated heterocycles. The molecular weight excluding hydrogens is 591 g/mol. The Hall–Kier alpha value is -4.50. The van der Waals surface area contributed by atoms with Gasteiger partial charge in [-0.1, -0.05) is 37.6 Å². The lowest BCUT2D eigenvalue weighted by atomic mass is 9.75. The zero-order valence-corrected chi connectivity index (χ0v) is 23.5. The standard InChI is InChI=1S/C31H25F5N2O4S/c1-2-3-21(17-4-6-19(7-5-17)30(41)38-13-12-26(39)40)27(18-8-10-20(11-9-18)42-31(34,35)36)24-16-43-29-22(24)14-25(32)28(33)23(29)15-37/h4-11,14,16,21,27H,2-3,12-13H2,1H3,(H,38,41)(H,39,40)/t21-,27?/m1/s1. The second-order valence-electron chi connectivity index (χ2n) is 9.74. The van der Waals surface area contributed by atoms with E-state index in [1.54, 1.807) is 35.7 Å². The second kappa shape index (κ2) is 13.2. The van der Waals surface area contributed by atoms with E-state index >= 15 is 0 Å². The maximum Gasteiger partial charge on any atom is 0.573 e. The Morgan fingerprint density at radius 1 is 1.07 bits per heavy atom. The van der Waals surface area contributed by atoms with Crippen molar-refractivity contribution >= 4 is 33.3 Å². The lowest BCUT2D eigenvalue weighted by Gasteiger charge is -2.29. The van der Waals surface area contributed by atoms with Gasteiger partial charge in [0, 0.05) is 23.4 Å². The van der Waals surface area contributed by atoms with Gasteiger partial charge < -0.3 is 15.2 Å². The van der Waals surface area contributed by atoms with Crippen molar-refractivity contribution < 1.29 is 41.4 Å².